The average Bonchev–Trinajstić information content (AvgIpc) is 3.70. The van der Waals surface area contributed by atoms with E-state index >= 15 is 0 Å². The van der Waals surface area contributed by atoms with Gasteiger partial charge < -0.3 is 9.26 Å². The van der Waals surface area contributed by atoms with Gasteiger partial charge in [0.25, 0.3) is 0 Å². The standard InChI is InChI=1S/C26H23N7O2/c1-2-10-33(14-18-8-12-35-32-18)23(3-1)26-27-25(30-31-26)16-5-7-22-21(13-16)24(29-28-22)20-6-4-17-15-34-11-9-19(17)20/h1-2,5,7-9,11-13,15,23H,3-4,6,10,14H2,(H,28,29)(H,27,30,31)/t23-/m1/s1. The lowest BCUT2D eigenvalue weighted by molar-refractivity contribution is 0.188. The maximum atomic E-state index is 5.36. The summed E-state index contributed by atoms with van der Waals surface area (Å²) in [7, 11) is 0. The van der Waals surface area contributed by atoms with Crippen LogP contribution in [0, 0.1) is 0 Å². The SMILES string of the molecule is C1=CCN(Cc2ccon2)[C@@H](c2nc(-c3ccc4[nH]nc(C5=C6C=COC=C6CC5)c4c3)n[nH]2)C1. The van der Waals surface area contributed by atoms with Crippen LogP contribution in [0.2, 0.25) is 0 Å². The second-order valence-electron chi connectivity index (χ2n) is 8.99. The third-order valence-corrected chi connectivity index (χ3v) is 6.93. The Morgan fingerprint density at radius 2 is 2.09 bits per heavy atom. The number of hydrogen-bond acceptors (Lipinski definition) is 7. The van der Waals surface area contributed by atoms with Gasteiger partial charge in [0.2, 0.25) is 0 Å². The maximum Gasteiger partial charge on any atom is 0.181 e. The van der Waals surface area contributed by atoms with Crippen LogP contribution in [0.15, 0.2) is 77.0 Å². The van der Waals surface area contributed by atoms with Crippen molar-refractivity contribution in [3.63, 3.8) is 0 Å². The minimum Gasteiger partial charge on any atom is -0.472 e. The van der Waals surface area contributed by atoms with Crippen molar-refractivity contribution >= 4 is 16.5 Å². The number of allylic oxidation sites excluding steroid dienone is 4. The van der Waals surface area contributed by atoms with E-state index in [0.717, 1.165) is 59.5 Å². The molecule has 9 nitrogen and oxygen atoms in total. The van der Waals surface area contributed by atoms with Gasteiger partial charge in [-0.05, 0) is 60.3 Å². The largest absolute Gasteiger partial charge is 0.472 e. The number of H-pyrrole nitrogens is 2. The van der Waals surface area contributed by atoms with Gasteiger partial charge in [0.05, 0.1) is 35.5 Å². The van der Waals surface area contributed by atoms with Crippen LogP contribution in [0.5, 0.6) is 0 Å². The predicted octanol–water partition coefficient (Wildman–Crippen LogP) is 4.81. The van der Waals surface area contributed by atoms with Crippen LogP contribution in [-0.2, 0) is 11.3 Å². The first-order chi connectivity index (χ1) is 17.3. The number of benzene rings is 1. The van der Waals surface area contributed by atoms with Crippen LogP contribution < -0.4 is 0 Å². The van der Waals surface area contributed by atoms with Gasteiger partial charge in [-0.15, -0.1) is 0 Å². The van der Waals surface area contributed by atoms with E-state index < -0.39 is 0 Å². The molecular weight excluding hydrogens is 442 g/mol. The normalized spacial score (nSPS) is 19.9. The van der Waals surface area contributed by atoms with Gasteiger partial charge in [-0.1, -0.05) is 17.3 Å². The molecule has 0 radical (unpaired) electrons. The number of aromatic amines is 2. The van der Waals surface area contributed by atoms with E-state index in [1.54, 1.807) is 12.5 Å². The number of nitrogens with zero attached hydrogens (tertiary/aromatic N) is 5. The van der Waals surface area contributed by atoms with E-state index in [1.165, 1.54) is 16.7 Å². The van der Waals surface area contributed by atoms with E-state index in [9.17, 15) is 0 Å². The molecule has 2 aliphatic heterocycles. The van der Waals surface area contributed by atoms with E-state index in [1.807, 2.05) is 30.5 Å². The summed E-state index contributed by atoms with van der Waals surface area (Å²) in [4.78, 5) is 7.22. The lowest BCUT2D eigenvalue weighted by atomic mass is 10.0. The average molecular weight is 466 g/mol. The summed E-state index contributed by atoms with van der Waals surface area (Å²) in [5.74, 6) is 1.53. The molecule has 5 heterocycles. The highest BCUT2D eigenvalue weighted by Gasteiger charge is 2.27. The first-order valence-electron chi connectivity index (χ1n) is 11.8. The third kappa shape index (κ3) is 3.52. The van der Waals surface area contributed by atoms with Crippen molar-refractivity contribution in [3.05, 3.63) is 89.6 Å². The monoisotopic (exact) mass is 465 g/mol. The molecule has 1 aliphatic carbocycles. The zero-order valence-electron chi connectivity index (χ0n) is 18.9. The van der Waals surface area contributed by atoms with Crippen LogP contribution >= 0.6 is 0 Å². The summed E-state index contributed by atoms with van der Waals surface area (Å²) in [5.41, 5.74) is 7.53. The lowest BCUT2D eigenvalue weighted by Crippen LogP contribution is -2.31. The zero-order chi connectivity index (χ0) is 23.2. The Morgan fingerprint density at radius 1 is 1.09 bits per heavy atom. The van der Waals surface area contributed by atoms with Gasteiger partial charge in [0.1, 0.15) is 12.1 Å². The Hall–Kier alpha value is -4.24. The Kier molecular flexibility index (Phi) is 4.73. The van der Waals surface area contributed by atoms with Crippen LogP contribution in [-0.4, -0.2) is 42.0 Å². The van der Waals surface area contributed by atoms with Gasteiger partial charge >= 0.3 is 0 Å². The molecule has 35 heavy (non-hydrogen) atoms. The molecule has 0 spiro atoms. The molecule has 2 N–H and O–H groups in total. The Balaban J connectivity index is 1.21. The highest BCUT2D eigenvalue weighted by molar-refractivity contribution is 5.95. The Labute approximate surface area is 200 Å². The summed E-state index contributed by atoms with van der Waals surface area (Å²) < 4.78 is 10.4. The minimum atomic E-state index is 0.0992. The highest BCUT2D eigenvalue weighted by Crippen LogP contribution is 2.41. The number of hydrogen-bond donors (Lipinski definition) is 2. The topological polar surface area (TPSA) is 109 Å². The third-order valence-electron chi connectivity index (χ3n) is 6.93. The highest BCUT2D eigenvalue weighted by atomic mass is 16.5. The fourth-order valence-electron chi connectivity index (χ4n) is 5.16. The number of aromatic nitrogens is 6. The molecule has 0 saturated heterocycles. The molecule has 9 heteroatoms. The second kappa shape index (κ2) is 8.21. The van der Waals surface area contributed by atoms with Crippen molar-refractivity contribution in [2.24, 2.45) is 0 Å². The summed E-state index contributed by atoms with van der Waals surface area (Å²) in [6.07, 6.45) is 14.3. The first-order valence-corrected chi connectivity index (χ1v) is 11.8. The molecule has 0 bridgehead atoms. The van der Waals surface area contributed by atoms with Gasteiger partial charge in [-0.2, -0.15) is 10.2 Å². The quantitative estimate of drug-likeness (QED) is 0.407. The summed E-state index contributed by atoms with van der Waals surface area (Å²) in [6.45, 7) is 1.52. The minimum absolute atomic E-state index is 0.0992. The molecule has 7 rings (SSSR count). The van der Waals surface area contributed by atoms with E-state index in [0.29, 0.717) is 12.4 Å². The summed E-state index contributed by atoms with van der Waals surface area (Å²) >= 11 is 0. The smallest absolute Gasteiger partial charge is 0.181 e. The first kappa shape index (κ1) is 20.2. The number of ether oxygens (including phenoxy) is 1. The van der Waals surface area contributed by atoms with Crippen molar-refractivity contribution in [1.82, 2.24) is 35.4 Å². The lowest BCUT2D eigenvalue weighted by Gasteiger charge is -2.30. The maximum absolute atomic E-state index is 5.36. The number of nitrogens with one attached hydrogen (secondary N) is 2. The van der Waals surface area contributed by atoms with Crippen molar-refractivity contribution in [2.45, 2.75) is 31.8 Å². The summed E-state index contributed by atoms with van der Waals surface area (Å²) in [5, 5.41) is 20.8. The molecule has 3 aliphatic rings. The molecular formula is C26H23N7O2. The van der Waals surface area contributed by atoms with Crippen LogP contribution in [0.1, 0.15) is 42.5 Å². The molecule has 0 unspecified atom stereocenters. The van der Waals surface area contributed by atoms with Gasteiger partial charge in [-0.25, -0.2) is 4.98 Å². The molecule has 0 fully saturated rings. The predicted molar refractivity (Wildman–Crippen MR) is 129 cm³/mol. The zero-order valence-corrected chi connectivity index (χ0v) is 18.9. The molecule has 1 aromatic carbocycles. The van der Waals surface area contributed by atoms with Gasteiger partial charge in [0.15, 0.2) is 5.82 Å². The van der Waals surface area contributed by atoms with Gasteiger partial charge in [-0.3, -0.25) is 15.1 Å². The van der Waals surface area contributed by atoms with Gasteiger partial charge in [0, 0.05) is 30.1 Å². The van der Waals surface area contributed by atoms with E-state index in [4.69, 9.17) is 14.2 Å². The Bertz CT molecular complexity index is 1520. The van der Waals surface area contributed by atoms with E-state index in [-0.39, 0.29) is 6.04 Å². The van der Waals surface area contributed by atoms with Crippen molar-refractivity contribution in [1.29, 1.82) is 0 Å². The fourth-order valence-corrected chi connectivity index (χ4v) is 5.16. The second-order valence-corrected chi connectivity index (χ2v) is 8.99. The molecule has 0 amide bonds. The van der Waals surface area contributed by atoms with Crippen molar-refractivity contribution in [3.8, 4) is 11.4 Å². The van der Waals surface area contributed by atoms with Crippen LogP contribution in [0.3, 0.4) is 0 Å². The molecule has 3 aromatic heterocycles. The van der Waals surface area contributed by atoms with Crippen LogP contribution in [0.25, 0.3) is 27.9 Å². The molecule has 4 aromatic rings. The van der Waals surface area contributed by atoms with Crippen molar-refractivity contribution in [2.75, 3.05) is 6.54 Å². The van der Waals surface area contributed by atoms with Crippen molar-refractivity contribution < 1.29 is 9.26 Å². The molecule has 0 saturated carbocycles. The van der Waals surface area contributed by atoms with E-state index in [2.05, 4.69) is 48.7 Å². The number of fused-ring (bicyclic) bond motifs is 2. The molecule has 174 valence electrons. The molecule has 1 atom stereocenters. The Morgan fingerprint density at radius 3 is 3.03 bits per heavy atom. The number of rotatable bonds is 5. The van der Waals surface area contributed by atoms with Crippen LogP contribution in [0.4, 0.5) is 0 Å². The summed E-state index contributed by atoms with van der Waals surface area (Å²) in [6, 6.07) is 8.22. The fraction of sp³-hybridized carbons (Fsp3) is 0.231.